The third kappa shape index (κ3) is 6.28. The van der Waals surface area contributed by atoms with Crippen molar-refractivity contribution in [1.29, 1.82) is 0 Å². The molecule has 0 aliphatic carbocycles. The fourth-order valence-electron chi connectivity index (χ4n) is 2.31. The molecular weight excluding hydrogens is 459 g/mol. The maximum Gasteiger partial charge on any atom is 0.437 e. The van der Waals surface area contributed by atoms with Gasteiger partial charge in [-0.25, -0.2) is 4.79 Å². The second-order valence-corrected chi connectivity index (χ2v) is 7.89. The van der Waals surface area contributed by atoms with E-state index in [0.29, 0.717) is 17.5 Å². The van der Waals surface area contributed by atoms with E-state index in [1.165, 1.54) is 23.9 Å². The molecule has 0 aliphatic heterocycles. The van der Waals surface area contributed by atoms with Crippen molar-refractivity contribution in [3.8, 4) is 0 Å². The van der Waals surface area contributed by atoms with Gasteiger partial charge in [0.2, 0.25) is 0 Å². The van der Waals surface area contributed by atoms with E-state index in [9.17, 15) is 27.6 Å². The van der Waals surface area contributed by atoms with E-state index in [2.05, 4.69) is 15.4 Å². The first-order chi connectivity index (χ1) is 14.3. The Bertz CT molecular complexity index is 1000. The predicted octanol–water partition coefficient (Wildman–Crippen LogP) is 4.80. The Morgan fingerprint density at radius 3 is 2.10 bits per heavy atom. The second kappa shape index (κ2) is 9.48. The molecule has 31 heavy (non-hydrogen) atoms. The van der Waals surface area contributed by atoms with Gasteiger partial charge in [0.25, 0.3) is 11.5 Å². The van der Waals surface area contributed by atoms with Crippen LogP contribution in [0.4, 0.5) is 29.3 Å². The highest BCUT2D eigenvalue weighted by molar-refractivity contribution is 7.99. The van der Waals surface area contributed by atoms with Crippen LogP contribution in [0.5, 0.6) is 0 Å². The summed E-state index contributed by atoms with van der Waals surface area (Å²) < 4.78 is 44.2. The number of nitrogens with two attached hydrogens (primary N) is 1. The number of rotatable bonds is 6. The second-order valence-electron chi connectivity index (χ2n) is 6.34. The monoisotopic (exact) mass is 475 g/mol. The molecule has 3 amide bonds. The number of anilines is 2. The molecule has 0 aromatic heterocycles. The average molecular weight is 476 g/mol. The van der Waals surface area contributed by atoms with Crippen LogP contribution >= 0.6 is 23.4 Å². The summed E-state index contributed by atoms with van der Waals surface area (Å²) in [5.41, 5.74) is 2.08. The van der Waals surface area contributed by atoms with Crippen LogP contribution < -0.4 is 16.4 Å². The molecule has 1 atom stereocenters. The zero-order chi connectivity index (χ0) is 23.4. The SMILES string of the molecule is CC(=O)OC(C)(C(=O)Nc1ccc(Sc2ccc(NC(N)=O)cc2)cc1Cl)C(F)(F)F. The topological polar surface area (TPSA) is 111 Å². The highest BCUT2D eigenvalue weighted by Gasteiger charge is 2.60. The average Bonchev–Trinajstić information content (AvgIpc) is 2.63. The number of benzene rings is 2. The number of carbonyl (C=O) groups excluding carboxylic acids is 3. The van der Waals surface area contributed by atoms with E-state index < -0.39 is 29.7 Å². The summed E-state index contributed by atoms with van der Waals surface area (Å²) in [4.78, 5) is 35.6. The first-order valence-electron chi connectivity index (χ1n) is 8.53. The van der Waals surface area contributed by atoms with Gasteiger partial charge >= 0.3 is 18.2 Å². The van der Waals surface area contributed by atoms with Crippen LogP contribution in [0.2, 0.25) is 5.02 Å². The van der Waals surface area contributed by atoms with Gasteiger partial charge in [0, 0.05) is 22.4 Å². The van der Waals surface area contributed by atoms with E-state index in [0.717, 1.165) is 11.8 Å². The molecule has 2 rings (SSSR count). The molecule has 0 saturated heterocycles. The highest BCUT2D eigenvalue weighted by Crippen LogP contribution is 2.37. The van der Waals surface area contributed by atoms with Gasteiger partial charge in [-0.2, -0.15) is 13.2 Å². The maximum atomic E-state index is 13.3. The molecule has 0 heterocycles. The molecule has 2 aromatic rings. The molecule has 0 saturated carbocycles. The van der Waals surface area contributed by atoms with Crippen molar-refractivity contribution < 1.29 is 32.3 Å². The van der Waals surface area contributed by atoms with E-state index in [1.54, 1.807) is 30.3 Å². The van der Waals surface area contributed by atoms with Crippen LogP contribution in [0.1, 0.15) is 13.8 Å². The van der Waals surface area contributed by atoms with E-state index in [4.69, 9.17) is 17.3 Å². The lowest BCUT2D eigenvalue weighted by Gasteiger charge is -2.29. The van der Waals surface area contributed by atoms with Gasteiger partial charge in [-0.3, -0.25) is 9.59 Å². The van der Waals surface area contributed by atoms with E-state index >= 15 is 0 Å². The first-order valence-corrected chi connectivity index (χ1v) is 9.73. The number of nitrogens with one attached hydrogen (secondary N) is 2. The summed E-state index contributed by atoms with van der Waals surface area (Å²) >= 11 is 7.40. The van der Waals surface area contributed by atoms with Gasteiger partial charge in [0.05, 0.1) is 10.7 Å². The number of alkyl halides is 3. The van der Waals surface area contributed by atoms with Gasteiger partial charge in [-0.15, -0.1) is 0 Å². The van der Waals surface area contributed by atoms with Crippen LogP contribution in [0.3, 0.4) is 0 Å². The summed E-state index contributed by atoms with van der Waals surface area (Å²) in [6.07, 6.45) is -5.14. The minimum Gasteiger partial charge on any atom is -0.439 e. The molecule has 0 fully saturated rings. The Labute approximate surface area is 184 Å². The number of ether oxygens (including phenoxy) is 1. The quantitative estimate of drug-likeness (QED) is 0.519. The molecule has 0 radical (unpaired) electrons. The zero-order valence-corrected chi connectivity index (χ0v) is 17.7. The Balaban J connectivity index is 2.15. The summed E-state index contributed by atoms with van der Waals surface area (Å²) in [6.45, 7) is 1.23. The summed E-state index contributed by atoms with van der Waals surface area (Å²) in [5.74, 6) is -2.85. The van der Waals surface area contributed by atoms with Gasteiger partial charge < -0.3 is 21.1 Å². The summed E-state index contributed by atoms with van der Waals surface area (Å²) in [7, 11) is 0. The number of primary amides is 1. The molecule has 7 nitrogen and oxygen atoms in total. The molecule has 4 N–H and O–H groups in total. The summed E-state index contributed by atoms with van der Waals surface area (Å²) in [5, 5.41) is 4.46. The number of hydrogen-bond donors (Lipinski definition) is 3. The Hall–Kier alpha value is -2.92. The number of esters is 1. The molecular formula is C19H17ClF3N3O4S. The maximum absolute atomic E-state index is 13.3. The van der Waals surface area contributed by atoms with Crippen LogP contribution in [-0.2, 0) is 14.3 Å². The highest BCUT2D eigenvalue weighted by atomic mass is 35.5. The molecule has 166 valence electrons. The molecule has 0 spiro atoms. The largest absolute Gasteiger partial charge is 0.439 e. The smallest absolute Gasteiger partial charge is 0.437 e. The van der Waals surface area contributed by atoms with Crippen molar-refractivity contribution in [1.82, 2.24) is 0 Å². The van der Waals surface area contributed by atoms with Crippen molar-refractivity contribution in [2.24, 2.45) is 5.73 Å². The standard InChI is InChI=1S/C19H17ClF3N3O4S/c1-10(27)30-18(2,19(21,22)23)16(28)26-15-8-7-13(9-14(15)20)31-12-5-3-11(4-6-12)25-17(24)29/h3-9H,1-2H3,(H,26,28)(H3,24,25,29). The zero-order valence-electron chi connectivity index (χ0n) is 16.2. The van der Waals surface area contributed by atoms with Crippen LogP contribution in [0.15, 0.2) is 52.3 Å². The van der Waals surface area contributed by atoms with Gasteiger partial charge in [-0.05, 0) is 49.4 Å². The Morgan fingerprint density at radius 2 is 1.61 bits per heavy atom. The lowest BCUT2D eigenvalue weighted by molar-refractivity contribution is -0.253. The lowest BCUT2D eigenvalue weighted by atomic mass is 10.0. The van der Waals surface area contributed by atoms with Crippen molar-refractivity contribution >= 4 is 52.6 Å². The molecule has 0 bridgehead atoms. The number of amides is 3. The molecule has 12 heteroatoms. The van der Waals surface area contributed by atoms with Crippen molar-refractivity contribution in [3.63, 3.8) is 0 Å². The van der Waals surface area contributed by atoms with Crippen LogP contribution in [0.25, 0.3) is 0 Å². The summed E-state index contributed by atoms with van der Waals surface area (Å²) in [6, 6.07) is 10.3. The van der Waals surface area contributed by atoms with E-state index in [-0.39, 0.29) is 10.7 Å². The number of halogens is 4. The fraction of sp³-hybridized carbons (Fsp3) is 0.211. The van der Waals surface area contributed by atoms with Gasteiger partial charge in [-0.1, -0.05) is 23.4 Å². The Morgan fingerprint density at radius 1 is 1.03 bits per heavy atom. The van der Waals surface area contributed by atoms with E-state index in [1.807, 2.05) is 0 Å². The van der Waals surface area contributed by atoms with Crippen molar-refractivity contribution in [2.75, 3.05) is 10.6 Å². The molecule has 0 aliphatic rings. The van der Waals surface area contributed by atoms with Crippen molar-refractivity contribution in [3.05, 3.63) is 47.5 Å². The third-order valence-corrected chi connectivity index (χ3v) is 5.18. The van der Waals surface area contributed by atoms with Crippen LogP contribution in [0, 0.1) is 0 Å². The lowest BCUT2D eigenvalue weighted by Crippen LogP contribution is -2.55. The number of carbonyl (C=O) groups is 3. The minimum atomic E-state index is -5.14. The normalized spacial score (nSPS) is 13.1. The molecule has 1 unspecified atom stereocenters. The molecule has 2 aromatic carbocycles. The fourth-order valence-corrected chi connectivity index (χ4v) is 3.46. The Kier molecular flexibility index (Phi) is 7.45. The predicted molar refractivity (Wildman–Crippen MR) is 110 cm³/mol. The number of urea groups is 1. The minimum absolute atomic E-state index is 0.0160. The first kappa shape index (κ1) is 24.4. The van der Waals surface area contributed by atoms with Gasteiger partial charge in [0.15, 0.2) is 0 Å². The van der Waals surface area contributed by atoms with Crippen molar-refractivity contribution in [2.45, 2.75) is 35.4 Å². The third-order valence-electron chi connectivity index (χ3n) is 3.87. The number of hydrogen-bond acceptors (Lipinski definition) is 5. The van der Waals surface area contributed by atoms with Crippen LogP contribution in [-0.4, -0.2) is 29.7 Å². The van der Waals surface area contributed by atoms with Gasteiger partial charge in [0.1, 0.15) is 0 Å².